The Kier molecular flexibility index (Phi) is 3.60. The third-order valence-electron chi connectivity index (χ3n) is 4.09. The molecule has 7 heteroatoms. The molecule has 4 nitrogen and oxygen atoms in total. The molecule has 0 saturated heterocycles. The third kappa shape index (κ3) is 2.12. The fraction of sp³-hybridized carbons (Fsp3) is 0.846. The normalized spacial score (nSPS) is 34.2. The van der Waals surface area contributed by atoms with Gasteiger partial charge < -0.3 is 5.11 Å². The van der Waals surface area contributed by atoms with Crippen LogP contribution in [0.25, 0.3) is 0 Å². The van der Waals surface area contributed by atoms with Gasteiger partial charge in [-0.15, -0.1) is 0 Å². The Balaban J connectivity index is 2.45. The van der Waals surface area contributed by atoms with Crippen LogP contribution in [0.1, 0.15) is 40.0 Å². The van der Waals surface area contributed by atoms with E-state index in [0.717, 1.165) is 6.42 Å². The van der Waals surface area contributed by atoms with Crippen molar-refractivity contribution in [2.45, 2.75) is 51.9 Å². The summed E-state index contributed by atoms with van der Waals surface area (Å²) in [5.41, 5.74) is -2.91. The molecule has 0 spiro atoms. The van der Waals surface area contributed by atoms with Crippen molar-refractivity contribution >= 4 is 11.6 Å². The molecular weight excluding hydrogens is 273 g/mol. The quantitative estimate of drug-likeness (QED) is 0.807. The maximum atomic E-state index is 13.4. The molecule has 0 aromatic carbocycles. The smallest absolute Gasteiger partial charge is 0.362 e. The van der Waals surface area contributed by atoms with E-state index in [-0.39, 0.29) is 23.1 Å². The van der Waals surface area contributed by atoms with Gasteiger partial charge in [0.15, 0.2) is 0 Å². The molecular formula is C13H19F3N2O2. The van der Waals surface area contributed by atoms with Gasteiger partial charge in [-0.05, 0) is 25.2 Å². The Labute approximate surface area is 115 Å². The SMILES string of the molecule is CC(C)C(=O)N1N=C2CC[C@H](C)C[C@H]2[C@@]1(O)C(F)(F)F. The number of fused-ring (bicyclic) bond motifs is 1. The van der Waals surface area contributed by atoms with E-state index < -0.39 is 29.6 Å². The van der Waals surface area contributed by atoms with Gasteiger partial charge in [0, 0.05) is 11.6 Å². The number of hydrogen-bond donors (Lipinski definition) is 1. The molecule has 1 amide bonds. The lowest BCUT2D eigenvalue weighted by Crippen LogP contribution is -2.62. The van der Waals surface area contributed by atoms with Gasteiger partial charge in [-0.1, -0.05) is 20.8 Å². The Morgan fingerprint density at radius 1 is 1.50 bits per heavy atom. The van der Waals surface area contributed by atoms with Crippen LogP contribution in [-0.4, -0.2) is 33.6 Å². The van der Waals surface area contributed by atoms with E-state index in [1.165, 1.54) is 13.8 Å². The first kappa shape index (κ1) is 15.3. The molecule has 2 aliphatic rings. The molecule has 1 heterocycles. The number of alkyl halides is 3. The molecule has 20 heavy (non-hydrogen) atoms. The highest BCUT2D eigenvalue weighted by molar-refractivity contribution is 5.93. The molecule has 1 N–H and O–H groups in total. The molecule has 1 saturated carbocycles. The van der Waals surface area contributed by atoms with Crippen molar-refractivity contribution in [1.82, 2.24) is 5.01 Å². The van der Waals surface area contributed by atoms with Gasteiger partial charge in [-0.2, -0.15) is 23.3 Å². The van der Waals surface area contributed by atoms with Crippen molar-refractivity contribution in [2.24, 2.45) is 22.9 Å². The first-order chi connectivity index (χ1) is 9.09. The molecule has 0 aromatic heterocycles. The van der Waals surface area contributed by atoms with E-state index in [0.29, 0.717) is 6.42 Å². The van der Waals surface area contributed by atoms with Crippen LogP contribution in [0.15, 0.2) is 5.10 Å². The summed E-state index contributed by atoms with van der Waals surface area (Å²) in [5, 5.41) is 14.4. The number of hydrogen-bond acceptors (Lipinski definition) is 3. The fourth-order valence-electron chi connectivity index (χ4n) is 2.87. The highest BCUT2D eigenvalue weighted by atomic mass is 19.4. The number of halogens is 3. The van der Waals surface area contributed by atoms with Gasteiger partial charge in [0.2, 0.25) is 5.91 Å². The van der Waals surface area contributed by atoms with Gasteiger partial charge in [0.05, 0.1) is 5.92 Å². The largest absolute Gasteiger partial charge is 0.439 e. The summed E-state index contributed by atoms with van der Waals surface area (Å²) in [5.74, 6) is -2.54. The molecule has 1 aliphatic carbocycles. The summed E-state index contributed by atoms with van der Waals surface area (Å²) in [6.07, 6.45) is -3.61. The Hall–Kier alpha value is -1.11. The van der Waals surface area contributed by atoms with Crippen molar-refractivity contribution in [1.29, 1.82) is 0 Å². The molecule has 1 aliphatic heterocycles. The summed E-state index contributed by atoms with van der Waals surface area (Å²) < 4.78 is 40.2. The zero-order valence-electron chi connectivity index (χ0n) is 11.7. The summed E-state index contributed by atoms with van der Waals surface area (Å²) in [6, 6.07) is 0. The monoisotopic (exact) mass is 292 g/mol. The van der Waals surface area contributed by atoms with Crippen molar-refractivity contribution in [3.05, 3.63) is 0 Å². The molecule has 0 radical (unpaired) electrons. The average Bonchev–Trinajstić information content (AvgIpc) is 2.62. The van der Waals surface area contributed by atoms with Crippen molar-refractivity contribution in [3.8, 4) is 0 Å². The van der Waals surface area contributed by atoms with Crippen LogP contribution in [0.3, 0.4) is 0 Å². The molecule has 0 bridgehead atoms. The average molecular weight is 292 g/mol. The van der Waals surface area contributed by atoms with Crippen molar-refractivity contribution in [2.75, 3.05) is 0 Å². The molecule has 1 fully saturated rings. The number of carbonyl (C=O) groups excluding carboxylic acids is 1. The summed E-state index contributed by atoms with van der Waals surface area (Å²) >= 11 is 0. The molecule has 3 atom stereocenters. The van der Waals surface area contributed by atoms with Gasteiger partial charge >= 0.3 is 6.18 Å². The van der Waals surface area contributed by atoms with Crippen LogP contribution in [0.5, 0.6) is 0 Å². The minimum atomic E-state index is -4.93. The molecule has 0 aromatic rings. The first-order valence-corrected chi connectivity index (χ1v) is 6.79. The second kappa shape index (κ2) is 4.72. The zero-order valence-corrected chi connectivity index (χ0v) is 11.7. The fourth-order valence-corrected chi connectivity index (χ4v) is 2.87. The molecule has 2 rings (SSSR count). The second-order valence-corrected chi connectivity index (χ2v) is 6.05. The maximum absolute atomic E-state index is 13.4. The minimum Gasteiger partial charge on any atom is -0.362 e. The number of rotatable bonds is 1. The van der Waals surface area contributed by atoms with Crippen LogP contribution in [0.4, 0.5) is 13.2 Å². The van der Waals surface area contributed by atoms with Crippen molar-refractivity contribution in [3.63, 3.8) is 0 Å². The van der Waals surface area contributed by atoms with Gasteiger partial charge in [-0.25, -0.2) is 0 Å². The summed E-state index contributed by atoms with van der Waals surface area (Å²) in [4.78, 5) is 12.0. The van der Waals surface area contributed by atoms with Gasteiger partial charge in [0.25, 0.3) is 5.72 Å². The Morgan fingerprint density at radius 2 is 2.10 bits per heavy atom. The number of carbonyl (C=O) groups is 1. The lowest BCUT2D eigenvalue weighted by molar-refractivity contribution is -0.318. The second-order valence-electron chi connectivity index (χ2n) is 6.05. The van der Waals surface area contributed by atoms with Crippen LogP contribution in [0.2, 0.25) is 0 Å². The van der Waals surface area contributed by atoms with Crippen LogP contribution in [0, 0.1) is 17.8 Å². The van der Waals surface area contributed by atoms with E-state index in [4.69, 9.17) is 0 Å². The Bertz CT molecular complexity index is 447. The van der Waals surface area contributed by atoms with Crippen molar-refractivity contribution < 1.29 is 23.1 Å². The van der Waals surface area contributed by atoms with Crippen LogP contribution < -0.4 is 0 Å². The molecule has 0 unspecified atom stereocenters. The predicted molar refractivity (Wildman–Crippen MR) is 66.6 cm³/mol. The molecule has 114 valence electrons. The number of aliphatic hydroxyl groups is 1. The maximum Gasteiger partial charge on any atom is 0.439 e. The zero-order chi connectivity index (χ0) is 15.3. The standard InChI is InChI=1S/C13H19F3N2O2/c1-7(2)11(19)18-12(20,13(14,15)16)9-6-8(3)4-5-10(9)17-18/h7-9,20H,4-6H2,1-3H3/t8-,9+,12+/m0/s1. The highest BCUT2D eigenvalue weighted by Crippen LogP contribution is 2.49. The van der Waals surface area contributed by atoms with E-state index >= 15 is 0 Å². The van der Waals surface area contributed by atoms with Gasteiger partial charge in [0.1, 0.15) is 0 Å². The first-order valence-electron chi connectivity index (χ1n) is 6.79. The van der Waals surface area contributed by atoms with Gasteiger partial charge in [-0.3, -0.25) is 4.79 Å². The van der Waals surface area contributed by atoms with Crippen LogP contribution in [-0.2, 0) is 4.79 Å². The van der Waals surface area contributed by atoms with E-state index in [9.17, 15) is 23.1 Å². The summed E-state index contributed by atoms with van der Waals surface area (Å²) in [7, 11) is 0. The predicted octanol–water partition coefficient (Wildman–Crippen LogP) is 2.53. The van der Waals surface area contributed by atoms with E-state index in [2.05, 4.69) is 5.10 Å². The number of hydrazone groups is 1. The number of amides is 1. The Morgan fingerprint density at radius 3 is 2.60 bits per heavy atom. The third-order valence-corrected chi connectivity index (χ3v) is 4.09. The minimum absolute atomic E-state index is 0.0712. The van der Waals surface area contributed by atoms with E-state index in [1.807, 2.05) is 6.92 Å². The lowest BCUT2D eigenvalue weighted by Gasteiger charge is -2.39. The van der Waals surface area contributed by atoms with Crippen LogP contribution >= 0.6 is 0 Å². The highest BCUT2D eigenvalue weighted by Gasteiger charge is 2.68. The van der Waals surface area contributed by atoms with E-state index in [1.54, 1.807) is 0 Å². The summed E-state index contributed by atoms with van der Waals surface area (Å²) in [6.45, 7) is 4.83. The topological polar surface area (TPSA) is 52.9 Å². The number of nitrogens with zero attached hydrogens (tertiary/aromatic N) is 2. The lowest BCUT2D eigenvalue weighted by atomic mass is 9.76.